The molecule has 0 spiro atoms. The van der Waals surface area contributed by atoms with Gasteiger partial charge in [0.05, 0.1) is 12.7 Å². The third-order valence-electron chi connectivity index (χ3n) is 7.22. The van der Waals surface area contributed by atoms with Crippen molar-refractivity contribution in [2.45, 2.75) is 68.3 Å². The SMILES string of the molecule is CC1OC(OC2C(CO)OC(Oc3cc(O)c4c(=O)cc(-c5ccc(O)c(O)c5)oc4c3)C(O)C2O)C(O)C(O)C1O. The predicted molar refractivity (Wildman–Crippen MR) is 139 cm³/mol. The van der Waals surface area contributed by atoms with Crippen LogP contribution in [0.4, 0.5) is 0 Å². The molecule has 0 saturated carbocycles. The third kappa shape index (κ3) is 5.49. The second-order valence-corrected chi connectivity index (χ2v) is 10.1. The minimum atomic E-state index is -1.82. The molecule has 42 heavy (non-hydrogen) atoms. The Hall–Kier alpha value is -3.51. The number of ether oxygens (including phenoxy) is 4. The first-order valence-electron chi connectivity index (χ1n) is 12.9. The number of phenols is 3. The van der Waals surface area contributed by atoms with E-state index in [1.165, 1.54) is 31.2 Å². The van der Waals surface area contributed by atoms with Gasteiger partial charge < -0.3 is 69.3 Å². The molecule has 2 aromatic carbocycles. The van der Waals surface area contributed by atoms with Crippen LogP contribution in [0.25, 0.3) is 22.3 Å². The first kappa shape index (κ1) is 30.0. The van der Waals surface area contributed by atoms with E-state index >= 15 is 0 Å². The number of aliphatic hydroxyl groups is 6. The van der Waals surface area contributed by atoms with E-state index in [2.05, 4.69) is 0 Å². The summed E-state index contributed by atoms with van der Waals surface area (Å²) in [5.74, 6) is -1.56. The zero-order chi connectivity index (χ0) is 30.5. The van der Waals surface area contributed by atoms with E-state index in [1.54, 1.807) is 0 Å². The van der Waals surface area contributed by atoms with Crippen molar-refractivity contribution >= 4 is 11.0 Å². The van der Waals surface area contributed by atoms with Crippen molar-refractivity contribution in [2.24, 2.45) is 0 Å². The Morgan fingerprint density at radius 3 is 2.19 bits per heavy atom. The van der Waals surface area contributed by atoms with Crippen molar-refractivity contribution in [3.8, 4) is 34.3 Å². The molecule has 2 aliphatic rings. The standard InChI is InChI=1S/C27H30O15/c1-9-20(33)21(34)23(36)26(38-9)42-25-18(8-28)41-27(24(37)22(25)35)39-11-5-14(31)19-15(32)7-16(40-17(19)6-11)10-2-3-12(29)13(30)4-10/h2-7,9,18,20-31,33-37H,8H2,1H3. The molecule has 2 fully saturated rings. The molecule has 10 atom stereocenters. The number of aromatic hydroxyl groups is 3. The van der Waals surface area contributed by atoms with E-state index < -0.39 is 84.9 Å². The molecule has 5 rings (SSSR count). The summed E-state index contributed by atoms with van der Waals surface area (Å²) in [6.45, 7) is 0.670. The van der Waals surface area contributed by atoms with E-state index in [-0.39, 0.29) is 33.8 Å². The quantitative estimate of drug-likeness (QED) is 0.149. The van der Waals surface area contributed by atoms with Crippen molar-refractivity contribution in [3.05, 3.63) is 46.6 Å². The van der Waals surface area contributed by atoms with Gasteiger partial charge in [-0.15, -0.1) is 0 Å². The van der Waals surface area contributed by atoms with Crippen molar-refractivity contribution < 1.29 is 69.3 Å². The number of phenolic OH excluding ortho intramolecular Hbond substituents is 3. The summed E-state index contributed by atoms with van der Waals surface area (Å²) in [4.78, 5) is 12.7. The van der Waals surface area contributed by atoms with Gasteiger partial charge in [0.1, 0.15) is 71.0 Å². The molecule has 2 saturated heterocycles. The number of benzene rings is 2. The zero-order valence-corrected chi connectivity index (χ0v) is 21.9. The molecule has 0 amide bonds. The molecule has 9 N–H and O–H groups in total. The normalized spacial score (nSPS) is 33.5. The summed E-state index contributed by atoms with van der Waals surface area (Å²) in [6.07, 6.45) is -15.3. The molecule has 2 aliphatic heterocycles. The third-order valence-corrected chi connectivity index (χ3v) is 7.22. The average molecular weight is 595 g/mol. The lowest BCUT2D eigenvalue weighted by Crippen LogP contribution is -2.64. The first-order valence-corrected chi connectivity index (χ1v) is 12.9. The maximum atomic E-state index is 12.7. The van der Waals surface area contributed by atoms with E-state index in [0.717, 1.165) is 12.1 Å². The number of hydrogen-bond donors (Lipinski definition) is 9. The summed E-state index contributed by atoms with van der Waals surface area (Å²) >= 11 is 0. The van der Waals surface area contributed by atoms with Crippen LogP contribution in [-0.2, 0) is 14.2 Å². The lowest BCUT2D eigenvalue weighted by atomic mass is 9.97. The number of fused-ring (bicyclic) bond motifs is 1. The van der Waals surface area contributed by atoms with Crippen LogP contribution >= 0.6 is 0 Å². The van der Waals surface area contributed by atoms with Gasteiger partial charge in [-0.05, 0) is 25.1 Å². The van der Waals surface area contributed by atoms with Crippen LogP contribution in [-0.4, -0.2) is 114 Å². The fourth-order valence-corrected chi connectivity index (χ4v) is 4.86. The summed E-state index contributed by atoms with van der Waals surface area (Å²) in [5, 5.41) is 91.4. The maximum absolute atomic E-state index is 12.7. The van der Waals surface area contributed by atoms with Crippen LogP contribution in [0, 0.1) is 0 Å². The van der Waals surface area contributed by atoms with Crippen LogP contribution in [0.3, 0.4) is 0 Å². The lowest BCUT2D eigenvalue weighted by molar-refractivity contribution is -0.349. The Morgan fingerprint density at radius 1 is 0.786 bits per heavy atom. The van der Waals surface area contributed by atoms with Gasteiger partial charge in [-0.2, -0.15) is 0 Å². The molecule has 10 unspecified atom stereocenters. The highest BCUT2D eigenvalue weighted by Crippen LogP contribution is 2.36. The lowest BCUT2D eigenvalue weighted by Gasteiger charge is -2.45. The minimum Gasteiger partial charge on any atom is -0.507 e. The van der Waals surface area contributed by atoms with Crippen molar-refractivity contribution in [1.82, 2.24) is 0 Å². The summed E-state index contributed by atoms with van der Waals surface area (Å²) in [7, 11) is 0. The smallest absolute Gasteiger partial charge is 0.229 e. The Bertz CT molecular complexity index is 1490. The molecule has 0 aliphatic carbocycles. The van der Waals surface area contributed by atoms with E-state index in [0.29, 0.717) is 0 Å². The van der Waals surface area contributed by atoms with Crippen LogP contribution < -0.4 is 10.2 Å². The van der Waals surface area contributed by atoms with Crippen LogP contribution in [0.15, 0.2) is 45.6 Å². The molecule has 0 bridgehead atoms. The summed E-state index contributed by atoms with van der Waals surface area (Å²) in [5.41, 5.74) is -0.541. The van der Waals surface area contributed by atoms with Crippen molar-refractivity contribution in [1.29, 1.82) is 0 Å². The molecular formula is C27H30O15. The largest absolute Gasteiger partial charge is 0.507 e. The van der Waals surface area contributed by atoms with E-state index in [9.17, 15) is 50.8 Å². The highest BCUT2D eigenvalue weighted by molar-refractivity contribution is 5.86. The highest BCUT2D eigenvalue weighted by atomic mass is 16.7. The number of rotatable bonds is 6. The second-order valence-electron chi connectivity index (χ2n) is 10.1. The Morgan fingerprint density at radius 2 is 1.50 bits per heavy atom. The summed E-state index contributed by atoms with van der Waals surface area (Å²) in [6, 6.07) is 7.09. The minimum absolute atomic E-state index is 0.0110. The van der Waals surface area contributed by atoms with Crippen LogP contribution in [0.2, 0.25) is 0 Å². The fourth-order valence-electron chi connectivity index (χ4n) is 4.86. The molecule has 3 heterocycles. The van der Waals surface area contributed by atoms with Crippen molar-refractivity contribution in [3.63, 3.8) is 0 Å². The summed E-state index contributed by atoms with van der Waals surface area (Å²) < 4.78 is 27.9. The van der Waals surface area contributed by atoms with E-state index in [4.69, 9.17) is 23.4 Å². The molecular weight excluding hydrogens is 564 g/mol. The maximum Gasteiger partial charge on any atom is 0.229 e. The van der Waals surface area contributed by atoms with Gasteiger partial charge in [-0.1, -0.05) is 0 Å². The van der Waals surface area contributed by atoms with Gasteiger partial charge >= 0.3 is 0 Å². The molecule has 15 heteroatoms. The fraction of sp³-hybridized carbons (Fsp3) is 0.444. The highest BCUT2D eigenvalue weighted by Gasteiger charge is 2.50. The molecule has 15 nitrogen and oxygen atoms in total. The molecule has 0 radical (unpaired) electrons. The van der Waals surface area contributed by atoms with E-state index in [1.807, 2.05) is 0 Å². The Kier molecular flexibility index (Phi) is 8.30. The zero-order valence-electron chi connectivity index (χ0n) is 21.9. The Labute approximate surface area is 236 Å². The van der Waals surface area contributed by atoms with Gasteiger partial charge in [0.25, 0.3) is 0 Å². The Balaban J connectivity index is 1.38. The first-order chi connectivity index (χ1) is 19.9. The van der Waals surface area contributed by atoms with Crippen LogP contribution in [0.1, 0.15) is 6.92 Å². The van der Waals surface area contributed by atoms with Gasteiger partial charge in [-0.25, -0.2) is 0 Å². The molecule has 1 aromatic heterocycles. The number of hydrogen-bond acceptors (Lipinski definition) is 15. The second kappa shape index (κ2) is 11.6. The van der Waals surface area contributed by atoms with Crippen LogP contribution in [0.5, 0.6) is 23.0 Å². The van der Waals surface area contributed by atoms with Gasteiger partial charge in [0, 0.05) is 23.8 Å². The molecule has 228 valence electrons. The predicted octanol–water partition coefficient (Wildman–Crippen LogP) is -1.39. The monoisotopic (exact) mass is 594 g/mol. The van der Waals surface area contributed by atoms with Gasteiger partial charge in [0.2, 0.25) is 6.29 Å². The van der Waals surface area contributed by atoms with Gasteiger partial charge in [-0.3, -0.25) is 4.79 Å². The van der Waals surface area contributed by atoms with Gasteiger partial charge in [0.15, 0.2) is 23.2 Å². The topological polar surface area (TPSA) is 249 Å². The average Bonchev–Trinajstić information content (AvgIpc) is 2.95. The molecule has 3 aromatic rings. The number of aliphatic hydroxyl groups excluding tert-OH is 6. The van der Waals surface area contributed by atoms with Crippen molar-refractivity contribution in [2.75, 3.05) is 6.61 Å².